The zero-order chi connectivity index (χ0) is 15.3. The van der Waals surface area contributed by atoms with Gasteiger partial charge in [0.15, 0.2) is 0 Å². The molecule has 0 bridgehead atoms. The Morgan fingerprint density at radius 3 is 2.20 bits per heavy atom. The van der Waals surface area contributed by atoms with Crippen LogP contribution in [0.25, 0.3) is 0 Å². The van der Waals surface area contributed by atoms with Gasteiger partial charge in [0.1, 0.15) is 0 Å². The van der Waals surface area contributed by atoms with E-state index in [2.05, 4.69) is 39.1 Å². The van der Waals surface area contributed by atoms with Gasteiger partial charge in [0.2, 0.25) is 0 Å². The third-order valence-electron chi connectivity index (χ3n) is 3.94. The second-order valence-corrected chi connectivity index (χ2v) is 5.42. The van der Waals surface area contributed by atoms with Gasteiger partial charge in [0.25, 0.3) is 0 Å². The average molecular weight is 279 g/mol. The number of carboxylic acids is 1. The molecule has 4 nitrogen and oxygen atoms in total. The largest absolute Gasteiger partial charge is 0.481 e. The Labute approximate surface area is 120 Å². The second kappa shape index (κ2) is 7.41. The molecule has 0 aliphatic carbocycles. The number of rotatable bonds is 7. The highest BCUT2D eigenvalue weighted by atomic mass is 16.4. The fourth-order valence-corrected chi connectivity index (χ4v) is 2.55. The van der Waals surface area contributed by atoms with Gasteiger partial charge in [-0.1, -0.05) is 6.07 Å². The van der Waals surface area contributed by atoms with Crippen LogP contribution in [0.3, 0.4) is 0 Å². The summed E-state index contributed by atoms with van der Waals surface area (Å²) >= 11 is 0. The van der Waals surface area contributed by atoms with Gasteiger partial charge in [0, 0.05) is 12.6 Å². The van der Waals surface area contributed by atoms with Crippen molar-refractivity contribution in [1.29, 1.82) is 0 Å². The Hall–Kier alpha value is -1.39. The number of aliphatic hydroxyl groups excluding tert-OH is 1. The van der Waals surface area contributed by atoms with E-state index in [1.165, 1.54) is 27.8 Å². The van der Waals surface area contributed by atoms with Crippen molar-refractivity contribution in [2.75, 3.05) is 13.2 Å². The minimum absolute atomic E-state index is 0.0148. The third-order valence-corrected chi connectivity index (χ3v) is 3.94. The first kappa shape index (κ1) is 16.7. The van der Waals surface area contributed by atoms with E-state index < -0.39 is 5.97 Å². The molecular formula is C16H25NO3. The van der Waals surface area contributed by atoms with Crippen molar-refractivity contribution < 1.29 is 15.0 Å². The molecule has 0 saturated carbocycles. The van der Waals surface area contributed by atoms with Gasteiger partial charge in [-0.3, -0.25) is 4.79 Å². The van der Waals surface area contributed by atoms with Crippen LogP contribution in [0.5, 0.6) is 0 Å². The van der Waals surface area contributed by atoms with Crippen molar-refractivity contribution in [2.24, 2.45) is 0 Å². The van der Waals surface area contributed by atoms with Crippen molar-refractivity contribution >= 4 is 5.97 Å². The van der Waals surface area contributed by atoms with Gasteiger partial charge < -0.3 is 15.5 Å². The summed E-state index contributed by atoms with van der Waals surface area (Å²) < 4.78 is 0. The molecule has 112 valence electrons. The lowest BCUT2D eigenvalue weighted by atomic mass is 9.89. The van der Waals surface area contributed by atoms with Crippen LogP contribution in [-0.2, 0) is 11.2 Å². The average Bonchev–Trinajstić information content (AvgIpc) is 2.37. The number of carbonyl (C=O) groups is 1. The van der Waals surface area contributed by atoms with Gasteiger partial charge in [-0.15, -0.1) is 0 Å². The molecule has 0 amide bonds. The summed E-state index contributed by atoms with van der Waals surface area (Å²) in [6.07, 6.45) is 0.734. The van der Waals surface area contributed by atoms with Gasteiger partial charge >= 0.3 is 5.97 Å². The van der Waals surface area contributed by atoms with Gasteiger partial charge in [-0.2, -0.15) is 0 Å². The van der Waals surface area contributed by atoms with E-state index in [0.29, 0.717) is 13.0 Å². The Bertz CT molecular complexity index is 457. The van der Waals surface area contributed by atoms with Gasteiger partial charge in [0.05, 0.1) is 13.0 Å². The van der Waals surface area contributed by atoms with E-state index in [4.69, 9.17) is 10.2 Å². The molecular weight excluding hydrogens is 254 g/mol. The molecule has 0 aliphatic heterocycles. The van der Waals surface area contributed by atoms with Crippen LogP contribution in [0.15, 0.2) is 6.07 Å². The Balaban J connectivity index is 3.00. The predicted molar refractivity (Wildman–Crippen MR) is 80.2 cm³/mol. The second-order valence-electron chi connectivity index (χ2n) is 5.42. The topological polar surface area (TPSA) is 69.6 Å². The lowest BCUT2D eigenvalue weighted by Crippen LogP contribution is -2.35. The maximum atomic E-state index is 11.0. The van der Waals surface area contributed by atoms with E-state index in [9.17, 15) is 4.79 Å². The summed E-state index contributed by atoms with van der Waals surface area (Å²) in [6.45, 7) is 8.76. The van der Waals surface area contributed by atoms with Crippen molar-refractivity contribution in [1.82, 2.24) is 5.32 Å². The molecule has 0 spiro atoms. The minimum atomic E-state index is -0.819. The SMILES string of the molecule is Cc1cc(C)c(C)c(CC(CC(=O)O)NCCO)c1C. The fourth-order valence-electron chi connectivity index (χ4n) is 2.55. The molecule has 0 heterocycles. The van der Waals surface area contributed by atoms with Crippen LogP contribution in [0.4, 0.5) is 0 Å². The van der Waals surface area contributed by atoms with Crippen LogP contribution in [0.2, 0.25) is 0 Å². The number of carboxylic acid groups (broad SMARTS) is 1. The molecule has 20 heavy (non-hydrogen) atoms. The number of benzene rings is 1. The van der Waals surface area contributed by atoms with Crippen molar-refractivity contribution in [2.45, 2.75) is 46.6 Å². The van der Waals surface area contributed by atoms with Gasteiger partial charge in [-0.25, -0.2) is 0 Å². The van der Waals surface area contributed by atoms with Crippen LogP contribution in [0, 0.1) is 27.7 Å². The number of aryl methyl sites for hydroxylation is 2. The summed E-state index contributed by atoms with van der Waals surface area (Å²) in [5.41, 5.74) is 6.15. The number of aliphatic hydroxyl groups is 1. The highest BCUT2D eigenvalue weighted by Gasteiger charge is 2.17. The third kappa shape index (κ3) is 4.32. The standard InChI is InChI=1S/C16H25NO3/c1-10-7-11(2)13(4)15(12(10)3)8-14(9-16(19)20)17-5-6-18/h7,14,17-18H,5-6,8-9H2,1-4H3,(H,19,20). The number of hydrogen-bond donors (Lipinski definition) is 3. The molecule has 0 saturated heterocycles. The molecule has 1 aromatic rings. The van der Waals surface area contributed by atoms with Crippen LogP contribution >= 0.6 is 0 Å². The fraction of sp³-hybridized carbons (Fsp3) is 0.562. The normalized spacial score (nSPS) is 12.4. The number of aliphatic carboxylic acids is 1. The highest BCUT2D eigenvalue weighted by molar-refractivity contribution is 5.67. The summed E-state index contributed by atoms with van der Waals surface area (Å²) in [5.74, 6) is -0.819. The Morgan fingerprint density at radius 1 is 1.20 bits per heavy atom. The smallest absolute Gasteiger partial charge is 0.304 e. The quantitative estimate of drug-likeness (QED) is 0.713. The van der Waals surface area contributed by atoms with E-state index >= 15 is 0 Å². The van der Waals surface area contributed by atoms with E-state index in [1.807, 2.05) is 0 Å². The minimum Gasteiger partial charge on any atom is -0.481 e. The van der Waals surface area contributed by atoms with Crippen LogP contribution in [-0.4, -0.2) is 35.4 Å². The summed E-state index contributed by atoms with van der Waals surface area (Å²) in [7, 11) is 0. The maximum absolute atomic E-state index is 11.0. The summed E-state index contributed by atoms with van der Waals surface area (Å²) in [5, 5.41) is 21.0. The summed E-state index contributed by atoms with van der Waals surface area (Å²) in [6, 6.07) is 2.01. The molecule has 0 fully saturated rings. The first-order valence-corrected chi connectivity index (χ1v) is 6.99. The van der Waals surface area contributed by atoms with Crippen molar-refractivity contribution in [3.05, 3.63) is 33.9 Å². The van der Waals surface area contributed by atoms with Crippen molar-refractivity contribution in [3.63, 3.8) is 0 Å². The molecule has 1 unspecified atom stereocenters. The first-order chi connectivity index (χ1) is 9.36. The molecule has 0 radical (unpaired) electrons. The molecule has 4 heteroatoms. The van der Waals surface area contributed by atoms with E-state index in [-0.39, 0.29) is 19.1 Å². The Kier molecular flexibility index (Phi) is 6.17. The van der Waals surface area contributed by atoms with Crippen LogP contribution in [0.1, 0.15) is 34.2 Å². The first-order valence-electron chi connectivity index (χ1n) is 6.99. The molecule has 1 rings (SSSR count). The zero-order valence-electron chi connectivity index (χ0n) is 12.8. The Morgan fingerprint density at radius 2 is 1.75 bits per heavy atom. The zero-order valence-corrected chi connectivity index (χ0v) is 12.8. The van der Waals surface area contributed by atoms with E-state index in [1.54, 1.807) is 0 Å². The summed E-state index contributed by atoms with van der Waals surface area (Å²) in [4.78, 5) is 11.0. The van der Waals surface area contributed by atoms with Crippen molar-refractivity contribution in [3.8, 4) is 0 Å². The lowest BCUT2D eigenvalue weighted by Gasteiger charge is -2.21. The predicted octanol–water partition coefficient (Wildman–Crippen LogP) is 1.89. The number of hydrogen-bond acceptors (Lipinski definition) is 3. The maximum Gasteiger partial charge on any atom is 0.304 e. The number of nitrogens with one attached hydrogen (secondary N) is 1. The monoisotopic (exact) mass is 279 g/mol. The molecule has 3 N–H and O–H groups in total. The van der Waals surface area contributed by atoms with Crippen LogP contribution < -0.4 is 5.32 Å². The molecule has 1 aromatic carbocycles. The van der Waals surface area contributed by atoms with E-state index in [0.717, 1.165) is 0 Å². The molecule has 0 aromatic heterocycles. The molecule has 0 aliphatic rings. The lowest BCUT2D eigenvalue weighted by molar-refractivity contribution is -0.137. The van der Waals surface area contributed by atoms with Gasteiger partial charge in [-0.05, 0) is 61.9 Å². The highest BCUT2D eigenvalue weighted by Crippen LogP contribution is 2.23. The molecule has 1 atom stereocenters.